The minimum Gasteiger partial charge on any atom is -0.449 e. The second kappa shape index (κ2) is 9.14. The van der Waals surface area contributed by atoms with E-state index in [1.807, 2.05) is 0 Å². The van der Waals surface area contributed by atoms with E-state index in [1.54, 1.807) is 20.8 Å². The molecule has 1 amide bonds. The normalized spacial score (nSPS) is 12.2. The number of carbonyl (C=O) groups excluding carboxylic acids is 2. The number of hydrogen-bond acceptors (Lipinski definition) is 7. The van der Waals surface area contributed by atoms with Gasteiger partial charge in [0.05, 0.1) is 17.1 Å². The fraction of sp³-hybridized carbons (Fsp3) is 0.529. The predicted molar refractivity (Wildman–Crippen MR) is 96.2 cm³/mol. The zero-order valence-corrected chi connectivity index (χ0v) is 15.6. The van der Waals surface area contributed by atoms with E-state index in [2.05, 4.69) is 10.6 Å². The van der Waals surface area contributed by atoms with Crippen molar-refractivity contribution in [1.29, 1.82) is 0 Å². The van der Waals surface area contributed by atoms with Gasteiger partial charge in [-0.2, -0.15) is 0 Å². The summed E-state index contributed by atoms with van der Waals surface area (Å²) < 4.78 is 9.99. The van der Waals surface area contributed by atoms with Gasteiger partial charge in [0.15, 0.2) is 6.10 Å². The van der Waals surface area contributed by atoms with Crippen LogP contribution in [0.5, 0.6) is 0 Å². The van der Waals surface area contributed by atoms with Crippen LogP contribution in [0.4, 0.5) is 11.4 Å². The standard InChI is InChI=1S/C17H25N3O6/c1-11(15(21)19-17(2,3)4)26-16(22)12-6-7-13(18-8-9-25-5)14(10-12)20(23)24/h6-7,10-11,18H,8-9H2,1-5H3,(H,19,21)/t11-/m0/s1. The highest BCUT2D eigenvalue weighted by Gasteiger charge is 2.24. The van der Waals surface area contributed by atoms with E-state index in [0.29, 0.717) is 13.2 Å². The highest BCUT2D eigenvalue weighted by molar-refractivity contribution is 5.93. The molecule has 0 radical (unpaired) electrons. The minimum atomic E-state index is -1.03. The van der Waals surface area contributed by atoms with E-state index in [4.69, 9.17) is 9.47 Å². The number of nitrogens with one attached hydrogen (secondary N) is 2. The molecule has 0 fully saturated rings. The molecule has 1 rings (SSSR count). The molecule has 0 saturated heterocycles. The van der Waals surface area contributed by atoms with Crippen molar-refractivity contribution in [1.82, 2.24) is 5.32 Å². The van der Waals surface area contributed by atoms with Gasteiger partial charge in [0.1, 0.15) is 5.69 Å². The fourth-order valence-electron chi connectivity index (χ4n) is 2.00. The number of esters is 1. The summed E-state index contributed by atoms with van der Waals surface area (Å²) in [5, 5.41) is 16.8. The van der Waals surface area contributed by atoms with E-state index >= 15 is 0 Å². The lowest BCUT2D eigenvalue weighted by Crippen LogP contribution is -2.46. The highest BCUT2D eigenvalue weighted by Crippen LogP contribution is 2.26. The Morgan fingerprint density at radius 2 is 1.96 bits per heavy atom. The second-order valence-electron chi connectivity index (χ2n) is 6.70. The van der Waals surface area contributed by atoms with Crippen LogP contribution in [-0.4, -0.2) is 48.7 Å². The number of rotatable bonds is 8. The lowest BCUT2D eigenvalue weighted by atomic mass is 10.1. The minimum absolute atomic E-state index is 0.00981. The van der Waals surface area contributed by atoms with Gasteiger partial charge in [-0.15, -0.1) is 0 Å². The van der Waals surface area contributed by atoms with Gasteiger partial charge in [-0.3, -0.25) is 14.9 Å². The van der Waals surface area contributed by atoms with E-state index in [1.165, 1.54) is 26.2 Å². The van der Waals surface area contributed by atoms with Crippen LogP contribution in [0.1, 0.15) is 38.1 Å². The van der Waals surface area contributed by atoms with Gasteiger partial charge in [-0.05, 0) is 39.8 Å². The van der Waals surface area contributed by atoms with Gasteiger partial charge in [0.25, 0.3) is 11.6 Å². The van der Waals surface area contributed by atoms with Gasteiger partial charge in [0, 0.05) is 25.3 Å². The van der Waals surface area contributed by atoms with E-state index in [9.17, 15) is 19.7 Å². The molecule has 0 spiro atoms. The molecule has 0 unspecified atom stereocenters. The zero-order valence-electron chi connectivity index (χ0n) is 15.6. The van der Waals surface area contributed by atoms with Crippen LogP contribution >= 0.6 is 0 Å². The van der Waals surface area contributed by atoms with Gasteiger partial charge >= 0.3 is 5.97 Å². The first-order valence-electron chi connectivity index (χ1n) is 8.09. The third kappa shape index (κ3) is 6.67. The molecule has 0 heterocycles. The van der Waals surface area contributed by atoms with E-state index in [0.717, 1.165) is 6.07 Å². The Balaban J connectivity index is 2.87. The Hall–Kier alpha value is -2.68. The maximum atomic E-state index is 12.2. The summed E-state index contributed by atoms with van der Waals surface area (Å²) in [6, 6.07) is 3.94. The molecule has 144 valence electrons. The van der Waals surface area contributed by atoms with E-state index < -0.39 is 28.4 Å². The van der Waals surface area contributed by atoms with Crippen LogP contribution in [0.25, 0.3) is 0 Å². The molecule has 1 atom stereocenters. The summed E-state index contributed by atoms with van der Waals surface area (Å²) in [5.74, 6) is -1.26. The number of nitrogens with zero attached hydrogens (tertiary/aromatic N) is 1. The Bertz CT molecular complexity index is 669. The number of nitro groups is 1. The second-order valence-corrected chi connectivity index (χ2v) is 6.70. The van der Waals surface area contributed by atoms with Gasteiger partial charge < -0.3 is 20.1 Å². The highest BCUT2D eigenvalue weighted by atomic mass is 16.6. The third-order valence-electron chi connectivity index (χ3n) is 3.20. The van der Waals surface area contributed by atoms with Gasteiger partial charge in [-0.25, -0.2) is 4.79 Å². The predicted octanol–water partition coefficient (Wildman–Crippen LogP) is 2.11. The molecule has 9 heteroatoms. The average Bonchev–Trinajstić information content (AvgIpc) is 2.53. The Labute approximate surface area is 152 Å². The molecule has 1 aromatic rings. The first-order chi connectivity index (χ1) is 12.0. The van der Waals surface area contributed by atoms with Crippen LogP contribution in [0.15, 0.2) is 18.2 Å². The van der Waals surface area contributed by atoms with Crippen molar-refractivity contribution in [3.8, 4) is 0 Å². The van der Waals surface area contributed by atoms with Crippen molar-refractivity contribution in [3.63, 3.8) is 0 Å². The number of amides is 1. The summed E-state index contributed by atoms with van der Waals surface area (Å²) in [5.41, 5.74) is -0.472. The molecule has 2 N–H and O–H groups in total. The Morgan fingerprint density at radius 3 is 2.50 bits per heavy atom. The van der Waals surface area contributed by atoms with Crippen molar-refractivity contribution in [2.24, 2.45) is 0 Å². The van der Waals surface area contributed by atoms with Crippen molar-refractivity contribution in [2.45, 2.75) is 39.3 Å². The lowest BCUT2D eigenvalue weighted by Gasteiger charge is -2.23. The summed E-state index contributed by atoms with van der Waals surface area (Å²) in [6.45, 7) is 7.61. The maximum Gasteiger partial charge on any atom is 0.339 e. The van der Waals surface area contributed by atoms with Crippen LogP contribution in [0.2, 0.25) is 0 Å². The summed E-state index contributed by atoms with van der Waals surface area (Å²) in [7, 11) is 1.52. The van der Waals surface area contributed by atoms with Gasteiger partial charge in [0.2, 0.25) is 0 Å². The monoisotopic (exact) mass is 367 g/mol. The van der Waals surface area contributed by atoms with Crippen molar-refractivity contribution < 1.29 is 24.0 Å². The third-order valence-corrected chi connectivity index (χ3v) is 3.20. The molecule has 0 saturated carbocycles. The largest absolute Gasteiger partial charge is 0.449 e. The Morgan fingerprint density at radius 1 is 1.31 bits per heavy atom. The average molecular weight is 367 g/mol. The number of methoxy groups -OCH3 is 1. The first kappa shape index (κ1) is 21.4. The first-order valence-corrected chi connectivity index (χ1v) is 8.09. The topological polar surface area (TPSA) is 120 Å². The lowest BCUT2D eigenvalue weighted by molar-refractivity contribution is -0.384. The zero-order chi connectivity index (χ0) is 19.9. The van der Waals surface area contributed by atoms with Crippen molar-refractivity contribution in [3.05, 3.63) is 33.9 Å². The number of hydrogen-bond donors (Lipinski definition) is 2. The summed E-state index contributed by atoms with van der Waals surface area (Å²) in [6.07, 6.45) is -1.03. The SMILES string of the molecule is COCCNc1ccc(C(=O)O[C@@H](C)C(=O)NC(C)(C)C)cc1[N+](=O)[O-]. The van der Waals surface area contributed by atoms with Crippen molar-refractivity contribution in [2.75, 3.05) is 25.6 Å². The number of carbonyl (C=O) groups is 2. The fourth-order valence-corrected chi connectivity index (χ4v) is 2.00. The molecular weight excluding hydrogens is 342 g/mol. The number of benzene rings is 1. The van der Waals surface area contributed by atoms with E-state index in [-0.39, 0.29) is 16.9 Å². The molecular formula is C17H25N3O6. The smallest absolute Gasteiger partial charge is 0.339 e. The number of anilines is 1. The molecule has 0 aromatic heterocycles. The number of nitro benzene ring substituents is 1. The van der Waals surface area contributed by atoms with Gasteiger partial charge in [-0.1, -0.05) is 0 Å². The van der Waals surface area contributed by atoms with Crippen LogP contribution < -0.4 is 10.6 Å². The Kier molecular flexibility index (Phi) is 7.51. The van der Waals surface area contributed by atoms with Crippen LogP contribution in [0, 0.1) is 10.1 Å². The molecule has 0 aliphatic rings. The molecule has 1 aromatic carbocycles. The van der Waals surface area contributed by atoms with Crippen molar-refractivity contribution >= 4 is 23.3 Å². The molecule has 0 bridgehead atoms. The summed E-state index contributed by atoms with van der Waals surface area (Å²) in [4.78, 5) is 34.8. The molecule has 9 nitrogen and oxygen atoms in total. The summed E-state index contributed by atoms with van der Waals surface area (Å²) >= 11 is 0. The quantitative estimate of drug-likeness (QED) is 0.312. The molecule has 0 aliphatic heterocycles. The maximum absolute atomic E-state index is 12.2. The molecule has 0 aliphatic carbocycles. The number of ether oxygens (including phenoxy) is 2. The molecule has 26 heavy (non-hydrogen) atoms. The van der Waals surface area contributed by atoms with Crippen LogP contribution in [-0.2, 0) is 14.3 Å². The van der Waals surface area contributed by atoms with Crippen LogP contribution in [0.3, 0.4) is 0 Å².